The summed E-state index contributed by atoms with van der Waals surface area (Å²) in [6.07, 6.45) is 7.79. The molecule has 0 unspecified atom stereocenters. The van der Waals surface area contributed by atoms with Gasteiger partial charge in [0, 0.05) is 24.9 Å². The lowest BCUT2D eigenvalue weighted by Gasteiger charge is -2.27. The van der Waals surface area contributed by atoms with Crippen LogP contribution < -0.4 is 10.6 Å². The Morgan fingerprint density at radius 2 is 1.30 bits per heavy atom. The van der Waals surface area contributed by atoms with Gasteiger partial charge < -0.3 is 10.6 Å². The molecule has 0 saturated heterocycles. The van der Waals surface area contributed by atoms with Crippen molar-refractivity contribution >= 4 is 11.8 Å². The summed E-state index contributed by atoms with van der Waals surface area (Å²) < 4.78 is 0. The van der Waals surface area contributed by atoms with E-state index in [1.54, 1.807) is 0 Å². The third-order valence-corrected chi connectivity index (χ3v) is 4.10. The van der Waals surface area contributed by atoms with Crippen LogP contribution in [0.2, 0.25) is 0 Å². The minimum atomic E-state index is 0.116. The molecule has 0 radical (unpaired) electrons. The van der Waals surface area contributed by atoms with E-state index in [1.165, 1.54) is 12.8 Å². The Morgan fingerprint density at radius 1 is 0.800 bits per heavy atom. The summed E-state index contributed by atoms with van der Waals surface area (Å²) in [5.41, 5.74) is 0. The highest BCUT2D eigenvalue weighted by Gasteiger charge is 2.29. The molecule has 0 aromatic rings. The summed E-state index contributed by atoms with van der Waals surface area (Å²) in [7, 11) is 0. The Hall–Kier alpha value is -1.06. The largest absolute Gasteiger partial charge is 0.356 e. The van der Waals surface area contributed by atoms with Gasteiger partial charge in [-0.05, 0) is 38.5 Å². The fourth-order valence-electron chi connectivity index (χ4n) is 2.74. The Kier molecular flexibility index (Phi) is 8.31. The van der Waals surface area contributed by atoms with Gasteiger partial charge in [-0.15, -0.1) is 0 Å². The number of amides is 2. The standard InChI is InChI=1S/C16H30N2O2/c1-3-5-6-12-18-16(20)14-9-7-13(8-10-14)15(19)17-11-4-2/h13-14H,3-12H2,1-2H3,(H,17,19)(H,18,20). The zero-order valence-corrected chi connectivity index (χ0v) is 13.0. The van der Waals surface area contributed by atoms with Crippen molar-refractivity contribution in [3.05, 3.63) is 0 Å². The fourth-order valence-corrected chi connectivity index (χ4v) is 2.74. The Balaban J connectivity index is 2.20. The van der Waals surface area contributed by atoms with Gasteiger partial charge in [-0.25, -0.2) is 0 Å². The molecule has 0 aliphatic heterocycles. The molecule has 0 aromatic carbocycles. The van der Waals surface area contributed by atoms with Crippen LogP contribution in [0.3, 0.4) is 0 Å². The quantitative estimate of drug-likeness (QED) is 0.672. The Bertz CT molecular complexity index is 297. The van der Waals surface area contributed by atoms with Crippen LogP contribution in [0.5, 0.6) is 0 Å². The maximum absolute atomic E-state index is 12.0. The van der Waals surface area contributed by atoms with Crippen LogP contribution in [0.1, 0.15) is 65.2 Å². The number of hydrogen-bond donors (Lipinski definition) is 2. The third kappa shape index (κ3) is 5.93. The van der Waals surface area contributed by atoms with E-state index in [0.717, 1.165) is 51.6 Å². The number of rotatable bonds is 8. The van der Waals surface area contributed by atoms with E-state index >= 15 is 0 Å². The Morgan fingerprint density at radius 3 is 1.75 bits per heavy atom. The van der Waals surface area contributed by atoms with E-state index in [1.807, 2.05) is 0 Å². The lowest BCUT2D eigenvalue weighted by Crippen LogP contribution is -2.37. The SMILES string of the molecule is CCCCCNC(=O)C1CCC(C(=O)NCCC)CC1. The molecule has 0 spiro atoms. The normalized spacial score (nSPS) is 22.3. The maximum Gasteiger partial charge on any atom is 0.223 e. The highest BCUT2D eigenvalue weighted by atomic mass is 16.2. The zero-order valence-electron chi connectivity index (χ0n) is 13.0. The van der Waals surface area contributed by atoms with E-state index in [4.69, 9.17) is 0 Å². The molecule has 2 N–H and O–H groups in total. The lowest BCUT2D eigenvalue weighted by atomic mass is 9.81. The summed E-state index contributed by atoms with van der Waals surface area (Å²) >= 11 is 0. The molecule has 0 aromatic heterocycles. The molecule has 1 aliphatic rings. The molecule has 4 heteroatoms. The summed E-state index contributed by atoms with van der Waals surface area (Å²) in [6.45, 7) is 5.77. The molecule has 1 aliphatic carbocycles. The second kappa shape index (κ2) is 9.78. The number of carbonyl (C=O) groups excluding carboxylic acids is 2. The molecule has 0 atom stereocenters. The van der Waals surface area contributed by atoms with E-state index in [0.29, 0.717) is 0 Å². The average molecular weight is 282 g/mol. The second-order valence-electron chi connectivity index (χ2n) is 5.84. The van der Waals surface area contributed by atoms with Crippen LogP contribution in [-0.2, 0) is 9.59 Å². The molecular formula is C16H30N2O2. The van der Waals surface area contributed by atoms with E-state index in [9.17, 15) is 9.59 Å². The van der Waals surface area contributed by atoms with Crippen molar-refractivity contribution in [2.45, 2.75) is 65.2 Å². The monoisotopic (exact) mass is 282 g/mol. The summed E-state index contributed by atoms with van der Waals surface area (Å²) in [5, 5.41) is 5.98. The number of nitrogens with one attached hydrogen (secondary N) is 2. The van der Waals surface area contributed by atoms with E-state index in [2.05, 4.69) is 24.5 Å². The minimum Gasteiger partial charge on any atom is -0.356 e. The van der Waals surface area contributed by atoms with Crippen molar-refractivity contribution in [2.75, 3.05) is 13.1 Å². The first-order valence-electron chi connectivity index (χ1n) is 8.24. The highest BCUT2D eigenvalue weighted by molar-refractivity contribution is 5.81. The predicted molar refractivity (Wildman–Crippen MR) is 81.3 cm³/mol. The van der Waals surface area contributed by atoms with E-state index in [-0.39, 0.29) is 23.7 Å². The van der Waals surface area contributed by atoms with E-state index < -0.39 is 0 Å². The molecule has 1 rings (SSSR count). The average Bonchev–Trinajstić information content (AvgIpc) is 2.49. The van der Waals surface area contributed by atoms with Crippen LogP contribution in [-0.4, -0.2) is 24.9 Å². The summed E-state index contributed by atoms with van der Waals surface area (Å²) in [6, 6.07) is 0. The van der Waals surface area contributed by atoms with Crippen molar-refractivity contribution in [2.24, 2.45) is 11.8 Å². The summed E-state index contributed by atoms with van der Waals surface area (Å²) in [5.74, 6) is 0.597. The highest BCUT2D eigenvalue weighted by Crippen LogP contribution is 2.29. The number of unbranched alkanes of at least 4 members (excludes halogenated alkanes) is 2. The van der Waals surface area contributed by atoms with Crippen LogP contribution in [0, 0.1) is 11.8 Å². The fraction of sp³-hybridized carbons (Fsp3) is 0.875. The maximum atomic E-state index is 12.0. The third-order valence-electron chi connectivity index (χ3n) is 4.10. The zero-order chi connectivity index (χ0) is 14.8. The molecule has 116 valence electrons. The predicted octanol–water partition coefficient (Wildman–Crippen LogP) is 2.63. The van der Waals surface area contributed by atoms with Gasteiger partial charge in [0.15, 0.2) is 0 Å². The van der Waals surface area contributed by atoms with Crippen molar-refractivity contribution in [1.82, 2.24) is 10.6 Å². The summed E-state index contributed by atoms with van der Waals surface area (Å²) in [4.78, 5) is 23.9. The van der Waals surface area contributed by atoms with Gasteiger partial charge >= 0.3 is 0 Å². The van der Waals surface area contributed by atoms with Crippen molar-refractivity contribution < 1.29 is 9.59 Å². The smallest absolute Gasteiger partial charge is 0.223 e. The van der Waals surface area contributed by atoms with Crippen LogP contribution in [0.4, 0.5) is 0 Å². The number of carbonyl (C=O) groups is 2. The van der Waals surface area contributed by atoms with Gasteiger partial charge in [0.2, 0.25) is 11.8 Å². The van der Waals surface area contributed by atoms with Gasteiger partial charge in [0.25, 0.3) is 0 Å². The molecule has 4 nitrogen and oxygen atoms in total. The topological polar surface area (TPSA) is 58.2 Å². The second-order valence-corrected chi connectivity index (χ2v) is 5.84. The first-order valence-corrected chi connectivity index (χ1v) is 8.24. The van der Waals surface area contributed by atoms with Crippen molar-refractivity contribution in [3.8, 4) is 0 Å². The first-order chi connectivity index (χ1) is 9.69. The van der Waals surface area contributed by atoms with Crippen molar-refractivity contribution in [3.63, 3.8) is 0 Å². The molecule has 0 bridgehead atoms. The van der Waals surface area contributed by atoms with Crippen LogP contribution >= 0.6 is 0 Å². The lowest BCUT2D eigenvalue weighted by molar-refractivity contribution is -0.130. The number of hydrogen-bond acceptors (Lipinski definition) is 2. The van der Waals surface area contributed by atoms with Gasteiger partial charge in [-0.2, -0.15) is 0 Å². The molecular weight excluding hydrogens is 252 g/mol. The van der Waals surface area contributed by atoms with Gasteiger partial charge in [0.05, 0.1) is 0 Å². The van der Waals surface area contributed by atoms with Crippen LogP contribution in [0.15, 0.2) is 0 Å². The first kappa shape index (κ1) is 17.0. The molecule has 2 amide bonds. The Labute approximate surface area is 123 Å². The van der Waals surface area contributed by atoms with Crippen LogP contribution in [0.25, 0.3) is 0 Å². The molecule has 1 fully saturated rings. The van der Waals surface area contributed by atoms with Crippen molar-refractivity contribution in [1.29, 1.82) is 0 Å². The molecule has 0 heterocycles. The van der Waals surface area contributed by atoms with Gasteiger partial charge in [0.1, 0.15) is 0 Å². The van der Waals surface area contributed by atoms with Gasteiger partial charge in [-0.1, -0.05) is 26.7 Å². The molecule has 1 saturated carbocycles. The van der Waals surface area contributed by atoms with Gasteiger partial charge in [-0.3, -0.25) is 9.59 Å². The minimum absolute atomic E-state index is 0.116. The molecule has 20 heavy (non-hydrogen) atoms.